The van der Waals surface area contributed by atoms with E-state index >= 15 is 0 Å². The van der Waals surface area contributed by atoms with Gasteiger partial charge in [-0.3, -0.25) is 0 Å². The summed E-state index contributed by atoms with van der Waals surface area (Å²) in [6, 6.07) is 4.25. The monoisotopic (exact) mass is 280 g/mol. The molecule has 0 saturated carbocycles. The fraction of sp³-hybridized carbons (Fsp3) is 0.733. The van der Waals surface area contributed by atoms with Gasteiger partial charge in [0.2, 0.25) is 0 Å². The number of piperidine rings is 3. The second-order valence-corrected chi connectivity index (χ2v) is 5.90. The predicted octanol–water partition coefficient (Wildman–Crippen LogP) is 0.841. The Hall–Kier alpha value is -0.880. The van der Waals surface area contributed by atoms with Crippen molar-refractivity contribution in [2.24, 2.45) is 5.92 Å². The molecule has 1 aromatic heterocycles. The first-order chi connectivity index (χ1) is 9.81. The fourth-order valence-corrected chi connectivity index (χ4v) is 3.23. The molecule has 2 bridgehead atoms. The summed E-state index contributed by atoms with van der Waals surface area (Å²) in [6.45, 7) is 4.99. The SMILES string of the molecule is OC(CNC1CN2CCC1CC2)COCc1ccco1. The topological polar surface area (TPSA) is 57.9 Å². The van der Waals surface area contributed by atoms with Gasteiger partial charge in [-0.2, -0.15) is 0 Å². The Bertz CT molecular complexity index is 388. The lowest BCUT2D eigenvalue weighted by Crippen LogP contribution is -2.57. The molecule has 0 aliphatic carbocycles. The molecule has 3 fully saturated rings. The molecule has 5 heteroatoms. The van der Waals surface area contributed by atoms with Crippen molar-refractivity contribution >= 4 is 0 Å². The van der Waals surface area contributed by atoms with Crippen LogP contribution < -0.4 is 5.32 Å². The van der Waals surface area contributed by atoms with Gasteiger partial charge in [0, 0.05) is 19.1 Å². The van der Waals surface area contributed by atoms with Gasteiger partial charge in [-0.05, 0) is 44.0 Å². The van der Waals surface area contributed by atoms with Crippen LogP contribution in [0.3, 0.4) is 0 Å². The van der Waals surface area contributed by atoms with Crippen LogP contribution in [0.2, 0.25) is 0 Å². The average molecular weight is 280 g/mol. The molecule has 112 valence electrons. The third kappa shape index (κ3) is 3.61. The third-order valence-electron chi connectivity index (χ3n) is 4.41. The zero-order chi connectivity index (χ0) is 13.8. The smallest absolute Gasteiger partial charge is 0.129 e. The molecule has 3 aliphatic rings. The molecule has 0 radical (unpaired) electrons. The van der Waals surface area contributed by atoms with E-state index in [9.17, 15) is 5.11 Å². The lowest BCUT2D eigenvalue weighted by Gasteiger charge is -2.45. The summed E-state index contributed by atoms with van der Waals surface area (Å²) < 4.78 is 10.6. The normalized spacial score (nSPS) is 30.6. The number of ether oxygens (including phenoxy) is 1. The number of aliphatic hydroxyl groups is 1. The van der Waals surface area contributed by atoms with Crippen molar-refractivity contribution in [2.75, 3.05) is 32.8 Å². The molecule has 4 heterocycles. The predicted molar refractivity (Wildman–Crippen MR) is 75.3 cm³/mol. The molecule has 20 heavy (non-hydrogen) atoms. The molecule has 2 atom stereocenters. The summed E-state index contributed by atoms with van der Waals surface area (Å²) in [4.78, 5) is 2.51. The van der Waals surface area contributed by atoms with Gasteiger partial charge in [0.25, 0.3) is 0 Å². The van der Waals surface area contributed by atoms with E-state index in [1.54, 1.807) is 6.26 Å². The molecule has 0 amide bonds. The highest BCUT2D eigenvalue weighted by Crippen LogP contribution is 2.27. The molecule has 2 unspecified atom stereocenters. The molecule has 0 spiro atoms. The highest BCUT2D eigenvalue weighted by atomic mass is 16.5. The zero-order valence-electron chi connectivity index (χ0n) is 11.8. The Morgan fingerprint density at radius 2 is 2.30 bits per heavy atom. The van der Waals surface area contributed by atoms with Gasteiger partial charge in [-0.1, -0.05) is 0 Å². The summed E-state index contributed by atoms with van der Waals surface area (Å²) >= 11 is 0. The molecule has 2 N–H and O–H groups in total. The molecule has 3 aliphatic heterocycles. The Morgan fingerprint density at radius 3 is 2.95 bits per heavy atom. The largest absolute Gasteiger partial charge is 0.467 e. The molecule has 4 rings (SSSR count). The molecule has 3 saturated heterocycles. The van der Waals surface area contributed by atoms with Crippen LogP contribution in [0.1, 0.15) is 18.6 Å². The molecular formula is C15H24N2O3. The molecule has 1 aromatic rings. The van der Waals surface area contributed by atoms with Gasteiger partial charge >= 0.3 is 0 Å². The van der Waals surface area contributed by atoms with Gasteiger partial charge in [0.1, 0.15) is 12.4 Å². The highest BCUT2D eigenvalue weighted by molar-refractivity contribution is 4.96. The minimum absolute atomic E-state index is 0.342. The lowest BCUT2D eigenvalue weighted by atomic mass is 9.84. The number of nitrogens with zero attached hydrogens (tertiary/aromatic N) is 1. The van der Waals surface area contributed by atoms with Crippen molar-refractivity contribution in [3.05, 3.63) is 24.2 Å². The van der Waals surface area contributed by atoms with Crippen LogP contribution in [0.15, 0.2) is 22.8 Å². The van der Waals surface area contributed by atoms with E-state index in [1.807, 2.05) is 12.1 Å². The number of nitrogens with one attached hydrogen (secondary N) is 1. The summed E-state index contributed by atoms with van der Waals surface area (Å²) in [5, 5.41) is 13.4. The van der Waals surface area contributed by atoms with E-state index < -0.39 is 6.10 Å². The van der Waals surface area contributed by atoms with E-state index in [4.69, 9.17) is 9.15 Å². The van der Waals surface area contributed by atoms with Crippen molar-refractivity contribution in [1.82, 2.24) is 10.2 Å². The number of rotatable bonds is 7. The van der Waals surface area contributed by atoms with Crippen molar-refractivity contribution in [1.29, 1.82) is 0 Å². The van der Waals surface area contributed by atoms with Crippen LogP contribution in [0, 0.1) is 5.92 Å². The standard InChI is InChI=1S/C15H24N2O3/c18-13(10-19-11-14-2-1-7-20-14)8-16-15-9-17-5-3-12(15)4-6-17/h1-2,7,12-13,15-16,18H,3-6,8-11H2. The molecule has 0 aromatic carbocycles. The Balaban J connectivity index is 1.32. The average Bonchev–Trinajstić information content (AvgIpc) is 3.00. The Kier molecular flexibility index (Phi) is 4.73. The Morgan fingerprint density at radius 1 is 1.45 bits per heavy atom. The van der Waals surface area contributed by atoms with E-state index in [1.165, 1.54) is 25.9 Å². The van der Waals surface area contributed by atoms with Crippen LogP contribution in [-0.4, -0.2) is 54.9 Å². The van der Waals surface area contributed by atoms with Crippen LogP contribution in [0.5, 0.6) is 0 Å². The van der Waals surface area contributed by atoms with E-state index in [0.29, 0.717) is 25.8 Å². The second kappa shape index (κ2) is 6.72. The van der Waals surface area contributed by atoms with Crippen LogP contribution in [-0.2, 0) is 11.3 Å². The van der Waals surface area contributed by atoms with Crippen molar-refractivity contribution in [3.8, 4) is 0 Å². The Labute approximate surface area is 119 Å². The first-order valence-corrected chi connectivity index (χ1v) is 7.55. The summed E-state index contributed by atoms with van der Waals surface area (Å²) in [6.07, 6.45) is 3.76. The van der Waals surface area contributed by atoms with E-state index in [0.717, 1.165) is 18.2 Å². The quantitative estimate of drug-likeness (QED) is 0.775. The lowest BCUT2D eigenvalue weighted by molar-refractivity contribution is 0.0136. The number of hydrogen-bond acceptors (Lipinski definition) is 5. The maximum absolute atomic E-state index is 9.95. The van der Waals surface area contributed by atoms with E-state index in [2.05, 4.69) is 10.2 Å². The van der Waals surface area contributed by atoms with Crippen LogP contribution in [0.4, 0.5) is 0 Å². The van der Waals surface area contributed by atoms with Gasteiger partial charge in [0.05, 0.1) is 19.0 Å². The minimum atomic E-state index is -0.458. The summed E-state index contributed by atoms with van der Waals surface area (Å²) in [5.74, 6) is 1.58. The summed E-state index contributed by atoms with van der Waals surface area (Å²) in [7, 11) is 0. The highest BCUT2D eigenvalue weighted by Gasteiger charge is 2.33. The van der Waals surface area contributed by atoms with Crippen molar-refractivity contribution in [2.45, 2.75) is 31.6 Å². The van der Waals surface area contributed by atoms with Crippen molar-refractivity contribution < 1.29 is 14.3 Å². The van der Waals surface area contributed by atoms with Gasteiger partial charge in [-0.15, -0.1) is 0 Å². The third-order valence-corrected chi connectivity index (χ3v) is 4.41. The zero-order valence-corrected chi connectivity index (χ0v) is 11.8. The number of aliphatic hydroxyl groups excluding tert-OH is 1. The minimum Gasteiger partial charge on any atom is -0.467 e. The summed E-state index contributed by atoms with van der Waals surface area (Å²) in [5.41, 5.74) is 0. The van der Waals surface area contributed by atoms with Crippen LogP contribution in [0.25, 0.3) is 0 Å². The maximum Gasteiger partial charge on any atom is 0.129 e. The second-order valence-electron chi connectivity index (χ2n) is 5.90. The first-order valence-electron chi connectivity index (χ1n) is 7.55. The number of fused-ring (bicyclic) bond motifs is 3. The molecular weight excluding hydrogens is 256 g/mol. The maximum atomic E-state index is 9.95. The number of furan rings is 1. The molecule has 5 nitrogen and oxygen atoms in total. The van der Waals surface area contributed by atoms with Gasteiger partial charge in [0.15, 0.2) is 0 Å². The van der Waals surface area contributed by atoms with Gasteiger partial charge < -0.3 is 24.5 Å². The van der Waals surface area contributed by atoms with Gasteiger partial charge in [-0.25, -0.2) is 0 Å². The first kappa shape index (κ1) is 14.1. The number of hydrogen-bond donors (Lipinski definition) is 2. The van der Waals surface area contributed by atoms with E-state index in [-0.39, 0.29) is 0 Å². The van der Waals surface area contributed by atoms with Crippen molar-refractivity contribution in [3.63, 3.8) is 0 Å². The fourth-order valence-electron chi connectivity index (χ4n) is 3.23. The van der Waals surface area contributed by atoms with Crippen LogP contribution >= 0.6 is 0 Å².